The molecule has 2 rings (SSSR count). The van der Waals surface area contributed by atoms with E-state index in [1.165, 1.54) is 12.4 Å². The highest BCUT2D eigenvalue weighted by molar-refractivity contribution is 7.90. The van der Waals surface area contributed by atoms with E-state index in [-0.39, 0.29) is 16.1 Å². The maximum absolute atomic E-state index is 12.8. The summed E-state index contributed by atoms with van der Waals surface area (Å²) in [6.07, 6.45) is 2.96. The van der Waals surface area contributed by atoms with E-state index in [4.69, 9.17) is 34.8 Å². The largest absolute Gasteiger partial charge is 0.269 e. The molecule has 0 aliphatic heterocycles. The van der Waals surface area contributed by atoms with Crippen molar-refractivity contribution in [2.75, 3.05) is 0 Å². The number of hydrogen-bond donors (Lipinski definition) is 0. The number of nitrogens with zero attached hydrogens (tertiary/aromatic N) is 3. The summed E-state index contributed by atoms with van der Waals surface area (Å²) in [5.74, 6) is 0.290. The first kappa shape index (κ1) is 18.0. The first-order valence-electron chi connectivity index (χ1n) is 6.22. The van der Waals surface area contributed by atoms with Gasteiger partial charge in [0, 0.05) is 36.5 Å². The summed E-state index contributed by atoms with van der Waals surface area (Å²) in [7, 11) is -4.12. The Balaban J connectivity index is 2.74. The first-order chi connectivity index (χ1) is 10.6. The number of non-ortho nitro benzene ring substituents is 1. The summed E-state index contributed by atoms with van der Waals surface area (Å²) in [6, 6.07) is 3.02. The molecule has 1 aromatic heterocycles. The minimum absolute atomic E-state index is 0.290. The van der Waals surface area contributed by atoms with E-state index >= 15 is 0 Å². The van der Waals surface area contributed by atoms with Crippen LogP contribution in [0.25, 0.3) is 0 Å². The maximum atomic E-state index is 12.8. The Kier molecular flexibility index (Phi) is 4.91. The molecule has 0 N–H and O–H groups in total. The highest BCUT2D eigenvalue weighted by Gasteiger charge is 2.34. The topological polar surface area (TPSA) is 95.1 Å². The molecule has 1 heterocycles. The lowest BCUT2D eigenvalue weighted by molar-refractivity contribution is -0.385. The van der Waals surface area contributed by atoms with Crippen LogP contribution in [-0.4, -0.2) is 22.3 Å². The molecule has 0 bridgehead atoms. The summed E-state index contributed by atoms with van der Waals surface area (Å²) in [5.41, 5.74) is -0.681. The maximum Gasteiger partial charge on any atom is 0.269 e. The lowest BCUT2D eigenvalue weighted by Gasteiger charge is -2.17. The molecule has 0 saturated carbocycles. The van der Waals surface area contributed by atoms with Gasteiger partial charge in [-0.1, -0.05) is 41.7 Å². The standard InChI is InChI=1S/C12H10Cl3N3O4S/c1-2-11-16-5-6-17(11)23(21,22)10-4-3-8(18(19)20)7-9(10)12(13,14)15/h3-7H,2H2,1H3. The Hall–Kier alpha value is -1.35. The Morgan fingerprint density at radius 2 is 2.00 bits per heavy atom. The van der Waals surface area contributed by atoms with Gasteiger partial charge in [0.15, 0.2) is 0 Å². The number of rotatable bonds is 4. The number of halogens is 3. The van der Waals surface area contributed by atoms with Crippen molar-refractivity contribution in [1.82, 2.24) is 8.96 Å². The van der Waals surface area contributed by atoms with Crippen molar-refractivity contribution in [3.63, 3.8) is 0 Å². The molecule has 0 amide bonds. The average Bonchev–Trinajstić information content (AvgIpc) is 2.94. The van der Waals surface area contributed by atoms with Crippen molar-refractivity contribution in [3.05, 3.63) is 52.1 Å². The molecule has 0 radical (unpaired) electrons. The number of imidazole rings is 1. The molecule has 0 spiro atoms. The number of aromatic nitrogens is 2. The summed E-state index contributed by atoms with van der Waals surface area (Å²) in [6.45, 7) is 1.74. The highest BCUT2D eigenvalue weighted by Crippen LogP contribution is 2.43. The van der Waals surface area contributed by atoms with Crippen molar-refractivity contribution >= 4 is 50.5 Å². The SMILES string of the molecule is CCc1nccn1S(=O)(=O)c1ccc([N+](=O)[O-])cc1C(Cl)(Cl)Cl. The quantitative estimate of drug-likeness (QED) is 0.447. The normalized spacial score (nSPS) is 12.3. The van der Waals surface area contributed by atoms with Gasteiger partial charge >= 0.3 is 0 Å². The number of nitro benzene ring substituents is 1. The van der Waals surface area contributed by atoms with Gasteiger partial charge < -0.3 is 0 Å². The Morgan fingerprint density at radius 1 is 1.35 bits per heavy atom. The van der Waals surface area contributed by atoms with E-state index in [9.17, 15) is 18.5 Å². The average molecular weight is 399 g/mol. The van der Waals surface area contributed by atoms with E-state index in [0.717, 1.165) is 22.2 Å². The number of hydrogen-bond acceptors (Lipinski definition) is 5. The van der Waals surface area contributed by atoms with Crippen LogP contribution in [0, 0.1) is 10.1 Å². The van der Waals surface area contributed by atoms with Gasteiger partial charge in [-0.05, 0) is 6.07 Å². The minimum Gasteiger partial charge on any atom is -0.258 e. The van der Waals surface area contributed by atoms with Crippen LogP contribution >= 0.6 is 34.8 Å². The van der Waals surface area contributed by atoms with Gasteiger partial charge in [0.1, 0.15) is 5.82 Å². The number of nitro groups is 1. The Labute approximate surface area is 147 Å². The zero-order valence-electron chi connectivity index (χ0n) is 11.6. The number of benzene rings is 1. The third-order valence-electron chi connectivity index (χ3n) is 3.01. The molecule has 124 valence electrons. The molecule has 11 heteroatoms. The van der Waals surface area contributed by atoms with Crippen LogP contribution in [-0.2, 0) is 20.2 Å². The molecule has 0 saturated heterocycles. The zero-order valence-corrected chi connectivity index (χ0v) is 14.7. The van der Waals surface area contributed by atoms with E-state index in [1.54, 1.807) is 6.92 Å². The van der Waals surface area contributed by atoms with Gasteiger partial charge in [0.2, 0.25) is 3.79 Å². The van der Waals surface area contributed by atoms with Crippen molar-refractivity contribution in [1.29, 1.82) is 0 Å². The number of alkyl halides is 3. The van der Waals surface area contributed by atoms with E-state index in [1.807, 2.05) is 0 Å². The van der Waals surface area contributed by atoms with Crippen LogP contribution in [0.2, 0.25) is 0 Å². The summed E-state index contributed by atoms with van der Waals surface area (Å²) < 4.78 is 24.4. The van der Waals surface area contributed by atoms with Crippen LogP contribution in [0.15, 0.2) is 35.5 Å². The Morgan fingerprint density at radius 3 is 2.52 bits per heavy atom. The molecule has 23 heavy (non-hydrogen) atoms. The second kappa shape index (κ2) is 6.27. The fourth-order valence-corrected chi connectivity index (χ4v) is 4.22. The van der Waals surface area contributed by atoms with Gasteiger partial charge in [0.05, 0.1) is 9.82 Å². The van der Waals surface area contributed by atoms with Gasteiger partial charge in [-0.3, -0.25) is 10.1 Å². The molecule has 0 fully saturated rings. The number of aryl methyl sites for hydroxylation is 1. The van der Waals surface area contributed by atoms with Gasteiger partial charge in [-0.2, -0.15) is 0 Å². The predicted octanol–water partition coefficient (Wildman–Crippen LogP) is 3.42. The summed E-state index contributed by atoms with van der Waals surface area (Å²) >= 11 is 17.4. The summed E-state index contributed by atoms with van der Waals surface area (Å²) in [5, 5.41) is 10.9. The highest BCUT2D eigenvalue weighted by atomic mass is 35.6. The molecule has 7 nitrogen and oxygen atoms in total. The van der Waals surface area contributed by atoms with Crippen LogP contribution in [0.1, 0.15) is 18.3 Å². The van der Waals surface area contributed by atoms with Crippen LogP contribution in [0.5, 0.6) is 0 Å². The zero-order chi connectivity index (χ0) is 17.4. The van der Waals surface area contributed by atoms with Crippen molar-refractivity contribution in [2.45, 2.75) is 22.0 Å². The monoisotopic (exact) mass is 397 g/mol. The molecular weight excluding hydrogens is 389 g/mol. The van der Waals surface area contributed by atoms with Gasteiger partial charge in [-0.25, -0.2) is 17.4 Å². The van der Waals surface area contributed by atoms with Crippen LogP contribution < -0.4 is 0 Å². The van der Waals surface area contributed by atoms with Gasteiger partial charge in [0.25, 0.3) is 15.7 Å². The third-order valence-corrected chi connectivity index (χ3v) is 5.39. The predicted molar refractivity (Wildman–Crippen MR) is 86.5 cm³/mol. The second-order valence-corrected chi connectivity index (χ2v) is 8.50. The Bertz CT molecular complexity index is 859. The minimum atomic E-state index is -4.12. The lowest BCUT2D eigenvalue weighted by atomic mass is 10.2. The second-order valence-electron chi connectivity index (χ2n) is 4.43. The smallest absolute Gasteiger partial charge is 0.258 e. The molecule has 0 aliphatic carbocycles. The lowest BCUT2D eigenvalue weighted by Crippen LogP contribution is -2.19. The van der Waals surface area contributed by atoms with Crippen molar-refractivity contribution in [3.8, 4) is 0 Å². The third kappa shape index (κ3) is 3.45. The van der Waals surface area contributed by atoms with Crippen molar-refractivity contribution < 1.29 is 13.3 Å². The molecule has 0 atom stereocenters. The molecular formula is C12H10Cl3N3O4S. The van der Waals surface area contributed by atoms with Gasteiger partial charge in [-0.15, -0.1) is 0 Å². The van der Waals surface area contributed by atoms with Crippen LogP contribution in [0.4, 0.5) is 5.69 Å². The first-order valence-corrected chi connectivity index (χ1v) is 8.80. The molecule has 0 unspecified atom stereocenters. The molecule has 1 aromatic carbocycles. The van der Waals surface area contributed by atoms with E-state index in [2.05, 4.69) is 4.98 Å². The molecule has 2 aromatic rings. The van der Waals surface area contributed by atoms with Crippen molar-refractivity contribution in [2.24, 2.45) is 0 Å². The fraction of sp³-hybridized carbons (Fsp3) is 0.250. The van der Waals surface area contributed by atoms with E-state index < -0.39 is 18.7 Å². The molecule has 0 aliphatic rings. The van der Waals surface area contributed by atoms with Crippen LogP contribution in [0.3, 0.4) is 0 Å². The summed E-state index contributed by atoms with van der Waals surface area (Å²) in [4.78, 5) is 13.8. The fourth-order valence-electron chi connectivity index (χ4n) is 1.97. The van der Waals surface area contributed by atoms with E-state index in [0.29, 0.717) is 12.2 Å².